The Balaban J connectivity index is 1.41. The third kappa shape index (κ3) is 5.77. The molecule has 0 fully saturated rings. The summed E-state index contributed by atoms with van der Waals surface area (Å²) in [6.07, 6.45) is 1.66. The maximum Gasteiger partial charge on any atom is 0.323 e. The maximum absolute atomic E-state index is 12.3. The van der Waals surface area contributed by atoms with Crippen molar-refractivity contribution in [2.24, 2.45) is 0 Å². The summed E-state index contributed by atoms with van der Waals surface area (Å²) in [6.45, 7) is 1.32. The minimum absolute atomic E-state index is 0.401. The van der Waals surface area contributed by atoms with Crippen LogP contribution in [0.15, 0.2) is 72.9 Å². The molecule has 0 aliphatic rings. The minimum Gasteiger partial charge on any atom is -0.493 e. The number of hydrogen-bond donors (Lipinski definition) is 2. The van der Waals surface area contributed by atoms with Crippen LogP contribution < -0.4 is 29.6 Å². The van der Waals surface area contributed by atoms with E-state index < -0.39 is 12.0 Å². The highest BCUT2D eigenvalue weighted by Crippen LogP contribution is 2.37. The number of carbonyl (C=O) groups excluding carboxylic acids is 2. The lowest BCUT2D eigenvalue weighted by Crippen LogP contribution is -2.19. The Morgan fingerprint density at radius 1 is 0.743 bits per heavy atom. The van der Waals surface area contributed by atoms with Gasteiger partial charge in [-0.2, -0.15) is 0 Å². The summed E-state index contributed by atoms with van der Waals surface area (Å²) < 4.78 is 21.8. The van der Waals surface area contributed by atoms with Crippen LogP contribution in [0.3, 0.4) is 0 Å². The molecule has 0 unspecified atom stereocenters. The number of rotatable bonds is 7. The van der Waals surface area contributed by atoms with Crippen molar-refractivity contribution in [3.8, 4) is 28.7 Å². The third-order valence-electron chi connectivity index (χ3n) is 4.92. The van der Waals surface area contributed by atoms with Gasteiger partial charge >= 0.3 is 12.0 Å². The Kier molecular flexibility index (Phi) is 6.96. The van der Waals surface area contributed by atoms with E-state index in [1.807, 2.05) is 6.07 Å². The molecule has 2 N–H and O–H groups in total. The first-order valence-electron chi connectivity index (χ1n) is 10.6. The van der Waals surface area contributed by atoms with Crippen molar-refractivity contribution in [2.75, 3.05) is 24.9 Å². The molecule has 0 saturated heterocycles. The summed E-state index contributed by atoms with van der Waals surface area (Å²) in [5, 5.41) is 6.24. The summed E-state index contributed by atoms with van der Waals surface area (Å²) in [5.41, 5.74) is 1.84. The molecule has 9 nitrogen and oxygen atoms in total. The normalized spacial score (nSPS) is 10.4. The number of ether oxygens (including phenoxy) is 4. The smallest absolute Gasteiger partial charge is 0.323 e. The van der Waals surface area contributed by atoms with E-state index in [2.05, 4.69) is 15.6 Å². The number of urea groups is 1. The van der Waals surface area contributed by atoms with Gasteiger partial charge in [0.1, 0.15) is 17.2 Å². The van der Waals surface area contributed by atoms with Gasteiger partial charge in [-0.05, 0) is 60.7 Å². The molecule has 4 aromatic rings. The van der Waals surface area contributed by atoms with Gasteiger partial charge in [0, 0.05) is 35.9 Å². The maximum atomic E-state index is 12.3. The van der Waals surface area contributed by atoms with Crippen LogP contribution in [0.4, 0.5) is 16.2 Å². The Hall–Kier alpha value is -4.79. The van der Waals surface area contributed by atoms with E-state index >= 15 is 0 Å². The van der Waals surface area contributed by atoms with E-state index in [0.717, 1.165) is 5.39 Å². The molecule has 0 aliphatic heterocycles. The Bertz CT molecular complexity index is 1350. The SMILES string of the molecule is COc1cc2nccc(Oc3ccc(NC(=O)Nc4ccc(OC(C)=O)cc4)cc3)c2cc1OC. The molecule has 9 heteroatoms. The number of methoxy groups -OCH3 is 2. The topological polar surface area (TPSA) is 108 Å². The van der Waals surface area contributed by atoms with Crippen LogP contribution in [0.25, 0.3) is 10.9 Å². The number of aromatic nitrogens is 1. The fourth-order valence-electron chi connectivity index (χ4n) is 3.34. The molecule has 0 bridgehead atoms. The van der Waals surface area contributed by atoms with Crippen LogP contribution in [0, 0.1) is 0 Å². The molecule has 2 amide bonds. The summed E-state index contributed by atoms with van der Waals surface area (Å²) in [5.74, 6) is 2.33. The number of pyridine rings is 1. The first-order valence-corrected chi connectivity index (χ1v) is 10.6. The van der Waals surface area contributed by atoms with Crippen LogP contribution in [-0.4, -0.2) is 31.2 Å². The van der Waals surface area contributed by atoms with Crippen molar-refractivity contribution in [2.45, 2.75) is 6.92 Å². The average molecular weight is 473 g/mol. The monoisotopic (exact) mass is 473 g/mol. The van der Waals surface area contributed by atoms with Gasteiger partial charge in [-0.15, -0.1) is 0 Å². The first kappa shape index (κ1) is 23.4. The highest BCUT2D eigenvalue weighted by molar-refractivity contribution is 5.99. The van der Waals surface area contributed by atoms with Gasteiger partial charge in [0.25, 0.3) is 0 Å². The Morgan fingerprint density at radius 2 is 1.31 bits per heavy atom. The average Bonchev–Trinajstić information content (AvgIpc) is 2.85. The summed E-state index contributed by atoms with van der Waals surface area (Å²) in [4.78, 5) is 27.7. The lowest BCUT2D eigenvalue weighted by atomic mass is 10.2. The van der Waals surface area contributed by atoms with Crippen LogP contribution in [0.2, 0.25) is 0 Å². The summed E-state index contributed by atoms with van der Waals surface area (Å²) >= 11 is 0. The largest absolute Gasteiger partial charge is 0.493 e. The predicted molar refractivity (Wildman–Crippen MR) is 132 cm³/mol. The standard InChI is InChI=1S/C26H23N3O6/c1-16(30)34-19-8-4-17(5-9-19)28-26(31)29-18-6-10-20(11-7-18)35-23-12-13-27-22-15-25(33-3)24(32-2)14-21(22)23/h4-15H,1-3H3,(H2,28,29,31). The Morgan fingerprint density at radius 3 is 1.89 bits per heavy atom. The fourth-order valence-corrected chi connectivity index (χ4v) is 3.34. The van der Waals surface area contributed by atoms with Gasteiger partial charge in [0.2, 0.25) is 0 Å². The zero-order chi connectivity index (χ0) is 24.8. The van der Waals surface area contributed by atoms with Gasteiger partial charge in [0.15, 0.2) is 11.5 Å². The number of hydrogen-bond acceptors (Lipinski definition) is 7. The van der Waals surface area contributed by atoms with E-state index in [4.69, 9.17) is 18.9 Å². The molecule has 35 heavy (non-hydrogen) atoms. The van der Waals surface area contributed by atoms with Crippen molar-refractivity contribution < 1.29 is 28.5 Å². The second-order valence-corrected chi connectivity index (χ2v) is 7.36. The molecule has 0 radical (unpaired) electrons. The van der Waals surface area contributed by atoms with E-state index in [9.17, 15) is 9.59 Å². The number of benzene rings is 3. The van der Waals surface area contributed by atoms with Gasteiger partial charge < -0.3 is 29.6 Å². The zero-order valence-electron chi connectivity index (χ0n) is 19.3. The molecule has 0 saturated carbocycles. The lowest BCUT2D eigenvalue weighted by Gasteiger charge is -2.13. The number of carbonyl (C=O) groups is 2. The fraction of sp³-hybridized carbons (Fsp3) is 0.115. The number of esters is 1. The lowest BCUT2D eigenvalue weighted by molar-refractivity contribution is -0.131. The molecule has 0 atom stereocenters. The van der Waals surface area contributed by atoms with Gasteiger partial charge in [-0.1, -0.05) is 0 Å². The highest BCUT2D eigenvalue weighted by Gasteiger charge is 2.12. The minimum atomic E-state index is -0.417. The molecule has 178 valence electrons. The van der Waals surface area contributed by atoms with Crippen molar-refractivity contribution in [1.82, 2.24) is 4.98 Å². The number of amides is 2. The zero-order valence-corrected chi connectivity index (χ0v) is 19.3. The van der Waals surface area contributed by atoms with Crippen molar-refractivity contribution in [1.29, 1.82) is 0 Å². The van der Waals surface area contributed by atoms with Crippen LogP contribution in [0.5, 0.6) is 28.7 Å². The van der Waals surface area contributed by atoms with Crippen molar-refractivity contribution in [3.63, 3.8) is 0 Å². The molecule has 0 aliphatic carbocycles. The third-order valence-corrected chi connectivity index (χ3v) is 4.92. The molecular weight excluding hydrogens is 450 g/mol. The summed E-state index contributed by atoms with van der Waals surface area (Å²) in [6, 6.07) is 18.4. The molecule has 4 rings (SSSR count). The van der Waals surface area contributed by atoms with Crippen molar-refractivity contribution in [3.05, 3.63) is 72.9 Å². The Labute approximate surface area is 201 Å². The molecule has 0 spiro atoms. The predicted octanol–water partition coefficient (Wildman–Crippen LogP) is 5.61. The van der Waals surface area contributed by atoms with Gasteiger partial charge in [0.05, 0.1) is 19.7 Å². The summed E-state index contributed by atoms with van der Waals surface area (Å²) in [7, 11) is 3.14. The van der Waals surface area contributed by atoms with E-state index in [-0.39, 0.29) is 0 Å². The van der Waals surface area contributed by atoms with E-state index in [0.29, 0.717) is 45.6 Å². The van der Waals surface area contributed by atoms with Crippen LogP contribution in [-0.2, 0) is 4.79 Å². The number of anilines is 2. The van der Waals surface area contributed by atoms with E-state index in [1.54, 1.807) is 81.1 Å². The van der Waals surface area contributed by atoms with Gasteiger partial charge in [-0.3, -0.25) is 9.78 Å². The van der Waals surface area contributed by atoms with Crippen LogP contribution >= 0.6 is 0 Å². The molecular formula is C26H23N3O6. The molecule has 3 aromatic carbocycles. The second kappa shape index (κ2) is 10.4. The first-order chi connectivity index (χ1) is 16.9. The van der Waals surface area contributed by atoms with Gasteiger partial charge in [-0.25, -0.2) is 4.79 Å². The highest BCUT2D eigenvalue weighted by atomic mass is 16.5. The second-order valence-electron chi connectivity index (χ2n) is 7.36. The van der Waals surface area contributed by atoms with Crippen LogP contribution in [0.1, 0.15) is 6.92 Å². The van der Waals surface area contributed by atoms with E-state index in [1.165, 1.54) is 6.92 Å². The number of nitrogens with one attached hydrogen (secondary N) is 2. The number of nitrogens with zero attached hydrogens (tertiary/aromatic N) is 1. The number of fused-ring (bicyclic) bond motifs is 1. The quantitative estimate of drug-likeness (QED) is 0.265. The molecule has 1 heterocycles. The van der Waals surface area contributed by atoms with Crippen molar-refractivity contribution >= 4 is 34.3 Å². The molecule has 1 aromatic heterocycles.